The maximum atomic E-state index is 10.5. The third-order valence-corrected chi connectivity index (χ3v) is 7.82. The average Bonchev–Trinajstić information content (AvgIpc) is 2.70. The van der Waals surface area contributed by atoms with Crippen LogP contribution in [0.5, 0.6) is 0 Å². The van der Waals surface area contributed by atoms with Gasteiger partial charge in [0.2, 0.25) is 0 Å². The molecule has 2 heteroatoms. The summed E-state index contributed by atoms with van der Waals surface area (Å²) in [5.41, 5.74) is 0. The monoisotopic (exact) mass is 422 g/mol. The van der Waals surface area contributed by atoms with E-state index >= 15 is 0 Å². The molecule has 2 nitrogen and oxygen atoms in total. The van der Waals surface area contributed by atoms with Crippen LogP contribution in [-0.4, -0.2) is 11.1 Å². The first-order chi connectivity index (χ1) is 14.5. The van der Waals surface area contributed by atoms with Gasteiger partial charge in [-0.1, -0.05) is 118 Å². The number of rotatable bonds is 18. The Morgan fingerprint density at radius 3 is 1.87 bits per heavy atom. The molecule has 1 rings (SSSR count). The molecule has 1 saturated carbocycles. The number of hydrogen-bond acceptors (Lipinski definition) is 1. The Morgan fingerprint density at radius 2 is 1.33 bits per heavy atom. The van der Waals surface area contributed by atoms with Crippen LogP contribution in [0.15, 0.2) is 0 Å². The van der Waals surface area contributed by atoms with Crippen molar-refractivity contribution in [3.8, 4) is 0 Å². The van der Waals surface area contributed by atoms with E-state index in [9.17, 15) is 4.79 Å². The highest BCUT2D eigenvalue weighted by atomic mass is 16.4. The largest absolute Gasteiger partial charge is 0.481 e. The van der Waals surface area contributed by atoms with Gasteiger partial charge in [-0.2, -0.15) is 0 Å². The summed E-state index contributed by atoms with van der Waals surface area (Å²) in [7, 11) is 0. The zero-order chi connectivity index (χ0) is 22.2. The maximum Gasteiger partial charge on any atom is 0.303 e. The van der Waals surface area contributed by atoms with Crippen molar-refractivity contribution in [2.75, 3.05) is 0 Å². The molecule has 0 aliphatic heterocycles. The van der Waals surface area contributed by atoms with Crippen LogP contribution in [-0.2, 0) is 4.79 Å². The van der Waals surface area contributed by atoms with Gasteiger partial charge in [-0.3, -0.25) is 4.79 Å². The fraction of sp³-hybridized carbons (Fsp3) is 0.964. The lowest BCUT2D eigenvalue weighted by Gasteiger charge is -2.42. The lowest BCUT2D eigenvalue weighted by atomic mass is 9.63. The first-order valence-electron chi connectivity index (χ1n) is 13.7. The van der Waals surface area contributed by atoms with E-state index in [1.54, 1.807) is 0 Å². The molecular formula is C28H54O2. The van der Waals surface area contributed by atoms with Crippen molar-refractivity contribution in [2.24, 2.45) is 29.6 Å². The molecule has 0 spiro atoms. The van der Waals surface area contributed by atoms with Crippen molar-refractivity contribution >= 4 is 5.97 Å². The van der Waals surface area contributed by atoms with Crippen molar-refractivity contribution in [3.63, 3.8) is 0 Å². The van der Waals surface area contributed by atoms with Gasteiger partial charge < -0.3 is 5.11 Å². The van der Waals surface area contributed by atoms with Gasteiger partial charge in [0.25, 0.3) is 0 Å². The minimum absolute atomic E-state index is 0.344. The molecule has 0 radical (unpaired) electrons. The van der Waals surface area contributed by atoms with Crippen molar-refractivity contribution < 1.29 is 9.90 Å². The number of carbonyl (C=O) groups is 1. The van der Waals surface area contributed by atoms with E-state index in [1.807, 2.05) is 0 Å². The molecule has 0 saturated heterocycles. The predicted octanol–water partition coefficient (Wildman–Crippen LogP) is 9.27. The summed E-state index contributed by atoms with van der Waals surface area (Å²) in [4.78, 5) is 10.5. The number of carboxylic acids is 1. The minimum atomic E-state index is -0.647. The van der Waals surface area contributed by atoms with Crippen molar-refractivity contribution in [1.29, 1.82) is 0 Å². The Hall–Kier alpha value is -0.530. The standard InChI is InChI=1S/C28H54O2/c1-5-6-7-14-17-25(27-22-24(4)20-21-26(27)23(2)3)18-15-12-10-8-9-11-13-16-19-28(29)30/h23-27H,5-22H2,1-4H3,(H,29,30). The highest BCUT2D eigenvalue weighted by molar-refractivity contribution is 5.66. The highest BCUT2D eigenvalue weighted by Crippen LogP contribution is 2.44. The molecule has 1 aliphatic carbocycles. The van der Waals surface area contributed by atoms with E-state index in [-0.39, 0.29) is 0 Å². The molecule has 1 N–H and O–H groups in total. The summed E-state index contributed by atoms with van der Waals surface area (Å²) >= 11 is 0. The molecule has 1 aliphatic rings. The van der Waals surface area contributed by atoms with Gasteiger partial charge in [-0.25, -0.2) is 0 Å². The van der Waals surface area contributed by atoms with E-state index in [0.29, 0.717) is 6.42 Å². The number of aliphatic carboxylic acids is 1. The Morgan fingerprint density at radius 1 is 0.800 bits per heavy atom. The summed E-state index contributed by atoms with van der Waals surface area (Å²) in [6, 6.07) is 0. The third-order valence-electron chi connectivity index (χ3n) is 7.82. The molecule has 0 amide bonds. The highest BCUT2D eigenvalue weighted by Gasteiger charge is 2.35. The predicted molar refractivity (Wildman–Crippen MR) is 131 cm³/mol. The van der Waals surface area contributed by atoms with Crippen LogP contribution < -0.4 is 0 Å². The Balaban J connectivity index is 2.34. The van der Waals surface area contributed by atoms with Crippen LogP contribution in [0.2, 0.25) is 0 Å². The molecule has 1 fully saturated rings. The summed E-state index contributed by atoms with van der Waals surface area (Å²) in [5.74, 6) is 4.04. The van der Waals surface area contributed by atoms with Crippen molar-refractivity contribution in [1.82, 2.24) is 0 Å². The second-order valence-corrected chi connectivity index (χ2v) is 10.9. The van der Waals surface area contributed by atoms with E-state index in [4.69, 9.17) is 5.11 Å². The van der Waals surface area contributed by atoms with Crippen LogP contribution in [0.1, 0.15) is 143 Å². The zero-order valence-electron chi connectivity index (χ0n) is 21.0. The van der Waals surface area contributed by atoms with Crippen LogP contribution >= 0.6 is 0 Å². The van der Waals surface area contributed by atoms with Gasteiger partial charge in [0, 0.05) is 6.42 Å². The van der Waals surface area contributed by atoms with Crippen LogP contribution in [0.25, 0.3) is 0 Å². The van der Waals surface area contributed by atoms with Gasteiger partial charge in [0.05, 0.1) is 0 Å². The number of carboxylic acid groups (broad SMARTS) is 1. The molecule has 4 atom stereocenters. The lowest BCUT2D eigenvalue weighted by molar-refractivity contribution is -0.137. The summed E-state index contributed by atoms with van der Waals surface area (Å²) in [5, 5.41) is 8.69. The maximum absolute atomic E-state index is 10.5. The number of unbranched alkanes of at least 4 members (excludes halogenated alkanes) is 10. The summed E-state index contributed by atoms with van der Waals surface area (Å²) in [6.07, 6.45) is 23.3. The van der Waals surface area contributed by atoms with E-state index in [0.717, 1.165) is 42.4 Å². The second kappa shape index (κ2) is 17.1. The minimum Gasteiger partial charge on any atom is -0.481 e. The van der Waals surface area contributed by atoms with Gasteiger partial charge in [-0.05, 0) is 48.9 Å². The molecule has 0 aromatic rings. The normalized spacial score (nSPS) is 23.0. The fourth-order valence-corrected chi connectivity index (χ4v) is 5.97. The molecule has 30 heavy (non-hydrogen) atoms. The van der Waals surface area contributed by atoms with Gasteiger partial charge in [0.15, 0.2) is 0 Å². The van der Waals surface area contributed by atoms with Gasteiger partial charge in [-0.15, -0.1) is 0 Å². The Bertz CT molecular complexity index is 417. The molecule has 0 aromatic heterocycles. The van der Waals surface area contributed by atoms with Crippen molar-refractivity contribution in [3.05, 3.63) is 0 Å². The third kappa shape index (κ3) is 12.4. The van der Waals surface area contributed by atoms with E-state index in [2.05, 4.69) is 27.7 Å². The SMILES string of the molecule is CCCCCCC(CCCCCCCCCCC(=O)O)C1CC(C)CCC1C(C)C. The Kier molecular flexibility index (Phi) is 15.7. The fourth-order valence-electron chi connectivity index (χ4n) is 5.97. The number of hydrogen-bond donors (Lipinski definition) is 1. The molecule has 0 bridgehead atoms. The van der Waals surface area contributed by atoms with Crippen LogP contribution in [0.4, 0.5) is 0 Å². The van der Waals surface area contributed by atoms with Gasteiger partial charge in [0.1, 0.15) is 0 Å². The van der Waals surface area contributed by atoms with Gasteiger partial charge >= 0.3 is 5.97 Å². The molecule has 178 valence electrons. The zero-order valence-corrected chi connectivity index (χ0v) is 21.0. The first-order valence-corrected chi connectivity index (χ1v) is 13.7. The van der Waals surface area contributed by atoms with E-state index in [1.165, 1.54) is 96.3 Å². The molecule has 0 aromatic carbocycles. The quantitative estimate of drug-likeness (QED) is 0.223. The average molecular weight is 423 g/mol. The van der Waals surface area contributed by atoms with Crippen LogP contribution in [0.3, 0.4) is 0 Å². The topological polar surface area (TPSA) is 37.3 Å². The van der Waals surface area contributed by atoms with Crippen molar-refractivity contribution in [2.45, 2.75) is 143 Å². The van der Waals surface area contributed by atoms with Crippen LogP contribution in [0, 0.1) is 29.6 Å². The second-order valence-electron chi connectivity index (χ2n) is 10.9. The summed E-state index contributed by atoms with van der Waals surface area (Å²) < 4.78 is 0. The first kappa shape index (κ1) is 27.5. The summed E-state index contributed by atoms with van der Waals surface area (Å²) in [6.45, 7) is 9.76. The lowest BCUT2D eigenvalue weighted by Crippen LogP contribution is -2.33. The molecule has 4 unspecified atom stereocenters. The van der Waals surface area contributed by atoms with E-state index < -0.39 is 5.97 Å². The molecular weight excluding hydrogens is 368 g/mol. The smallest absolute Gasteiger partial charge is 0.303 e. The molecule has 0 heterocycles. The Labute approximate surface area is 189 Å².